The van der Waals surface area contributed by atoms with Gasteiger partial charge in [-0.25, -0.2) is 9.97 Å². The molecule has 1 fully saturated rings. The number of benzene rings is 2. The van der Waals surface area contributed by atoms with Crippen molar-refractivity contribution in [2.75, 3.05) is 46.6 Å². The molecule has 160 valence electrons. The van der Waals surface area contributed by atoms with Gasteiger partial charge in [0.25, 0.3) is 0 Å². The standard InChI is InChI=1S/C22H25N7O2/c1-15-19(25-16(2)30)4-3-5-20(15)26-21-23-14-24-22(27-21)29-12-10-28(11-13-29)17-6-8-18(31)9-7-17/h3-9,14,31H,10-13H2,1-2H3,(H,25,30)(H,23,24,26,27). The van der Waals surface area contributed by atoms with Crippen LogP contribution in [0.15, 0.2) is 48.8 Å². The van der Waals surface area contributed by atoms with E-state index in [1.54, 1.807) is 12.1 Å². The van der Waals surface area contributed by atoms with Gasteiger partial charge in [0, 0.05) is 50.2 Å². The molecule has 2 heterocycles. The molecule has 1 amide bonds. The second-order valence-corrected chi connectivity index (χ2v) is 7.38. The van der Waals surface area contributed by atoms with Crippen molar-refractivity contribution >= 4 is 34.9 Å². The van der Waals surface area contributed by atoms with E-state index in [4.69, 9.17) is 0 Å². The molecule has 1 aliphatic rings. The van der Waals surface area contributed by atoms with E-state index in [0.29, 0.717) is 11.9 Å². The molecule has 0 saturated carbocycles. The van der Waals surface area contributed by atoms with E-state index >= 15 is 0 Å². The molecule has 1 aromatic heterocycles. The number of phenols is 1. The molecule has 0 radical (unpaired) electrons. The monoisotopic (exact) mass is 419 g/mol. The van der Waals surface area contributed by atoms with Crippen molar-refractivity contribution in [1.82, 2.24) is 15.0 Å². The van der Waals surface area contributed by atoms with Crippen molar-refractivity contribution in [2.24, 2.45) is 0 Å². The smallest absolute Gasteiger partial charge is 0.232 e. The average Bonchev–Trinajstić information content (AvgIpc) is 2.77. The Morgan fingerprint density at radius 2 is 1.65 bits per heavy atom. The molecule has 3 N–H and O–H groups in total. The largest absolute Gasteiger partial charge is 0.508 e. The van der Waals surface area contributed by atoms with Gasteiger partial charge in [0.1, 0.15) is 12.1 Å². The number of carbonyl (C=O) groups is 1. The number of nitrogens with one attached hydrogen (secondary N) is 2. The molecule has 1 saturated heterocycles. The number of phenolic OH excluding ortho intramolecular Hbond substituents is 1. The molecular formula is C22H25N7O2. The summed E-state index contributed by atoms with van der Waals surface area (Å²) in [5.41, 5.74) is 3.56. The summed E-state index contributed by atoms with van der Waals surface area (Å²) in [4.78, 5) is 29.0. The normalized spacial score (nSPS) is 13.7. The molecule has 0 unspecified atom stereocenters. The van der Waals surface area contributed by atoms with Gasteiger partial charge >= 0.3 is 0 Å². The van der Waals surface area contributed by atoms with Gasteiger partial charge in [-0.1, -0.05) is 6.07 Å². The highest BCUT2D eigenvalue weighted by atomic mass is 16.3. The van der Waals surface area contributed by atoms with Crippen molar-refractivity contribution in [1.29, 1.82) is 0 Å². The Bertz CT molecular complexity index is 1060. The molecule has 31 heavy (non-hydrogen) atoms. The first-order chi connectivity index (χ1) is 15.0. The van der Waals surface area contributed by atoms with Crippen LogP contribution in [-0.4, -0.2) is 52.1 Å². The lowest BCUT2D eigenvalue weighted by Crippen LogP contribution is -2.47. The maximum absolute atomic E-state index is 11.4. The van der Waals surface area contributed by atoms with Gasteiger partial charge in [0.2, 0.25) is 17.8 Å². The van der Waals surface area contributed by atoms with Gasteiger partial charge in [0.15, 0.2) is 0 Å². The minimum Gasteiger partial charge on any atom is -0.508 e. The lowest BCUT2D eigenvalue weighted by molar-refractivity contribution is -0.114. The van der Waals surface area contributed by atoms with Crippen molar-refractivity contribution < 1.29 is 9.90 Å². The lowest BCUT2D eigenvalue weighted by Gasteiger charge is -2.36. The third-order valence-electron chi connectivity index (χ3n) is 5.23. The van der Waals surface area contributed by atoms with Crippen LogP contribution in [0.25, 0.3) is 0 Å². The highest BCUT2D eigenvalue weighted by molar-refractivity contribution is 5.90. The van der Waals surface area contributed by atoms with Crippen LogP contribution in [0.4, 0.5) is 29.0 Å². The fourth-order valence-electron chi connectivity index (χ4n) is 3.54. The van der Waals surface area contributed by atoms with E-state index in [2.05, 4.69) is 35.4 Å². The molecule has 2 aromatic carbocycles. The highest BCUT2D eigenvalue weighted by Crippen LogP contribution is 2.26. The van der Waals surface area contributed by atoms with Crippen molar-refractivity contribution in [2.45, 2.75) is 13.8 Å². The average molecular weight is 419 g/mol. The van der Waals surface area contributed by atoms with Crippen LogP contribution in [0, 0.1) is 6.92 Å². The van der Waals surface area contributed by atoms with Crippen LogP contribution < -0.4 is 20.4 Å². The minimum atomic E-state index is -0.117. The topological polar surface area (TPSA) is 107 Å². The zero-order valence-electron chi connectivity index (χ0n) is 17.5. The fourth-order valence-corrected chi connectivity index (χ4v) is 3.54. The first-order valence-corrected chi connectivity index (χ1v) is 10.1. The molecule has 9 heteroatoms. The summed E-state index contributed by atoms with van der Waals surface area (Å²) in [6, 6.07) is 12.9. The van der Waals surface area contributed by atoms with Gasteiger partial charge < -0.3 is 25.5 Å². The number of aromatic nitrogens is 3. The van der Waals surface area contributed by atoms with Gasteiger partial charge in [-0.2, -0.15) is 4.98 Å². The van der Waals surface area contributed by atoms with E-state index < -0.39 is 0 Å². The summed E-state index contributed by atoms with van der Waals surface area (Å²) in [5.74, 6) is 1.23. The van der Waals surface area contributed by atoms with Gasteiger partial charge in [-0.15, -0.1) is 0 Å². The van der Waals surface area contributed by atoms with E-state index in [1.165, 1.54) is 13.3 Å². The summed E-state index contributed by atoms with van der Waals surface area (Å²) in [6.07, 6.45) is 1.50. The van der Waals surface area contributed by atoms with Crippen LogP contribution in [0.5, 0.6) is 5.75 Å². The predicted octanol–water partition coefficient (Wildman–Crippen LogP) is 2.91. The number of amides is 1. The Morgan fingerprint density at radius 3 is 2.35 bits per heavy atom. The maximum atomic E-state index is 11.4. The first-order valence-electron chi connectivity index (χ1n) is 10.1. The van der Waals surface area contributed by atoms with Gasteiger partial charge in [-0.3, -0.25) is 4.79 Å². The van der Waals surface area contributed by atoms with Gasteiger partial charge in [-0.05, 0) is 48.9 Å². The molecule has 1 aliphatic heterocycles. The third-order valence-corrected chi connectivity index (χ3v) is 5.23. The molecule has 4 rings (SSSR count). The van der Waals surface area contributed by atoms with Crippen LogP contribution in [0.3, 0.4) is 0 Å². The Kier molecular flexibility index (Phi) is 5.83. The summed E-state index contributed by atoms with van der Waals surface area (Å²) in [6.45, 7) is 6.63. The van der Waals surface area contributed by atoms with E-state index in [1.807, 2.05) is 37.3 Å². The molecule has 9 nitrogen and oxygen atoms in total. The molecule has 0 bridgehead atoms. The van der Waals surface area contributed by atoms with Crippen LogP contribution in [-0.2, 0) is 4.79 Å². The Balaban J connectivity index is 1.44. The summed E-state index contributed by atoms with van der Waals surface area (Å²) >= 11 is 0. The summed E-state index contributed by atoms with van der Waals surface area (Å²) in [5, 5.41) is 15.5. The second kappa shape index (κ2) is 8.86. The molecule has 0 atom stereocenters. The summed E-state index contributed by atoms with van der Waals surface area (Å²) < 4.78 is 0. The number of hydrogen-bond donors (Lipinski definition) is 3. The van der Waals surface area contributed by atoms with E-state index in [-0.39, 0.29) is 11.7 Å². The zero-order chi connectivity index (χ0) is 21.8. The molecule has 0 aliphatic carbocycles. The Morgan fingerprint density at radius 1 is 0.968 bits per heavy atom. The van der Waals surface area contributed by atoms with Crippen molar-refractivity contribution in [3.8, 4) is 5.75 Å². The second-order valence-electron chi connectivity index (χ2n) is 7.38. The van der Waals surface area contributed by atoms with Crippen molar-refractivity contribution in [3.05, 3.63) is 54.4 Å². The predicted molar refractivity (Wildman–Crippen MR) is 121 cm³/mol. The number of hydrogen-bond acceptors (Lipinski definition) is 8. The third kappa shape index (κ3) is 4.82. The Hall–Kier alpha value is -3.88. The number of nitrogens with zero attached hydrogens (tertiary/aromatic N) is 5. The fraction of sp³-hybridized carbons (Fsp3) is 0.273. The molecule has 0 spiro atoms. The number of aromatic hydroxyl groups is 1. The molecule has 3 aromatic rings. The van der Waals surface area contributed by atoms with Crippen molar-refractivity contribution in [3.63, 3.8) is 0 Å². The lowest BCUT2D eigenvalue weighted by atomic mass is 10.1. The number of rotatable bonds is 5. The number of piperazine rings is 1. The maximum Gasteiger partial charge on any atom is 0.232 e. The van der Waals surface area contributed by atoms with Crippen LogP contribution in [0.2, 0.25) is 0 Å². The highest BCUT2D eigenvalue weighted by Gasteiger charge is 2.20. The quantitative estimate of drug-likeness (QED) is 0.580. The van der Waals surface area contributed by atoms with Crippen LogP contribution in [0.1, 0.15) is 12.5 Å². The minimum absolute atomic E-state index is 0.117. The first kappa shape index (κ1) is 20.4. The number of anilines is 5. The Labute approximate surface area is 180 Å². The van der Waals surface area contributed by atoms with E-state index in [9.17, 15) is 9.90 Å². The zero-order valence-corrected chi connectivity index (χ0v) is 17.5. The molecular weight excluding hydrogens is 394 g/mol. The SMILES string of the molecule is CC(=O)Nc1cccc(Nc2ncnc(N3CCN(c4ccc(O)cc4)CC3)n2)c1C. The number of carbonyl (C=O) groups excluding carboxylic acids is 1. The van der Waals surface area contributed by atoms with E-state index in [0.717, 1.165) is 48.8 Å². The van der Waals surface area contributed by atoms with Crippen LogP contribution >= 0.6 is 0 Å². The summed E-state index contributed by atoms with van der Waals surface area (Å²) in [7, 11) is 0. The van der Waals surface area contributed by atoms with Gasteiger partial charge in [0.05, 0.1) is 0 Å².